The van der Waals surface area contributed by atoms with Gasteiger partial charge >= 0.3 is 18.0 Å². The van der Waals surface area contributed by atoms with Gasteiger partial charge in [-0.05, 0) is 44.4 Å². The van der Waals surface area contributed by atoms with Crippen molar-refractivity contribution in [2.24, 2.45) is 17.8 Å². The predicted molar refractivity (Wildman–Crippen MR) is 113 cm³/mol. The quantitative estimate of drug-likeness (QED) is 0.309. The highest BCUT2D eigenvalue weighted by Crippen LogP contribution is 2.31. The van der Waals surface area contributed by atoms with Gasteiger partial charge in [-0.1, -0.05) is 20.8 Å². The van der Waals surface area contributed by atoms with Crippen LogP contribution in [-0.2, 0) is 25.5 Å². The normalized spacial score (nSPS) is 19.6. The average Bonchev–Trinajstić information content (AvgIpc) is 3.19. The van der Waals surface area contributed by atoms with Crippen molar-refractivity contribution in [3.8, 4) is 0 Å². The van der Waals surface area contributed by atoms with Gasteiger partial charge in [-0.15, -0.1) is 0 Å². The minimum Gasteiger partial charge on any atom is -0.481 e. The maximum Gasteiger partial charge on any atom is 0.410 e. The number of imidazole rings is 1. The lowest BCUT2D eigenvalue weighted by Gasteiger charge is -2.26. The van der Waals surface area contributed by atoms with E-state index in [0.717, 1.165) is 24.5 Å². The van der Waals surface area contributed by atoms with Crippen LogP contribution >= 0.6 is 0 Å². The van der Waals surface area contributed by atoms with E-state index in [1.54, 1.807) is 13.8 Å². The van der Waals surface area contributed by atoms with E-state index < -0.39 is 30.7 Å². The second-order valence-corrected chi connectivity index (χ2v) is 8.70. The van der Waals surface area contributed by atoms with Gasteiger partial charge in [-0.25, -0.2) is 9.78 Å². The zero-order chi connectivity index (χ0) is 22.8. The highest BCUT2D eigenvalue weighted by molar-refractivity contribution is 5.72. The minimum atomic E-state index is -0.871. The van der Waals surface area contributed by atoms with E-state index in [1.807, 2.05) is 12.5 Å². The maximum atomic E-state index is 11.6. The molecule has 1 unspecified atom stereocenters. The minimum absolute atomic E-state index is 0.273. The fraction of sp³-hybridized carbons (Fsp3) is 0.727. The molecule has 1 aromatic rings. The van der Waals surface area contributed by atoms with Crippen molar-refractivity contribution in [3.05, 3.63) is 18.2 Å². The Hall–Kier alpha value is -2.58. The lowest BCUT2D eigenvalue weighted by Crippen LogP contribution is -2.28. The highest BCUT2D eigenvalue weighted by atomic mass is 16.7. The van der Waals surface area contributed by atoms with Crippen LogP contribution in [0.3, 0.4) is 0 Å². The fourth-order valence-corrected chi connectivity index (χ4v) is 3.69. The molecule has 1 aliphatic carbocycles. The third-order valence-electron chi connectivity index (χ3n) is 5.73. The van der Waals surface area contributed by atoms with E-state index in [0.29, 0.717) is 25.3 Å². The lowest BCUT2D eigenvalue weighted by molar-refractivity contribution is -0.155. The van der Waals surface area contributed by atoms with E-state index in [4.69, 9.17) is 9.47 Å². The smallest absolute Gasteiger partial charge is 0.410 e. The van der Waals surface area contributed by atoms with Crippen LogP contribution in [-0.4, -0.2) is 46.0 Å². The number of carboxylic acids is 1. The van der Waals surface area contributed by atoms with Gasteiger partial charge in [0.2, 0.25) is 6.79 Å². The van der Waals surface area contributed by atoms with Crippen LogP contribution in [0, 0.1) is 17.8 Å². The second kappa shape index (κ2) is 12.3. The van der Waals surface area contributed by atoms with Crippen molar-refractivity contribution in [2.75, 3.05) is 13.3 Å². The lowest BCUT2D eigenvalue weighted by atomic mass is 9.87. The van der Waals surface area contributed by atoms with Crippen LogP contribution < -0.4 is 5.32 Å². The van der Waals surface area contributed by atoms with Crippen molar-refractivity contribution in [3.63, 3.8) is 0 Å². The maximum absolute atomic E-state index is 11.6. The summed E-state index contributed by atoms with van der Waals surface area (Å²) in [5.41, 5.74) is 0.783. The molecule has 0 radical (unpaired) electrons. The summed E-state index contributed by atoms with van der Waals surface area (Å²) >= 11 is 0. The molecule has 2 rings (SSSR count). The topological polar surface area (TPSA) is 120 Å². The number of hydrogen-bond donors (Lipinski definition) is 2. The molecule has 1 fully saturated rings. The fourth-order valence-electron chi connectivity index (χ4n) is 3.69. The molecule has 0 aliphatic heterocycles. The zero-order valence-corrected chi connectivity index (χ0v) is 18.7. The number of amides is 1. The highest BCUT2D eigenvalue weighted by Gasteiger charge is 2.22. The molecule has 0 aromatic carbocycles. The molecular weight excluding hydrogens is 402 g/mol. The summed E-state index contributed by atoms with van der Waals surface area (Å²) in [7, 11) is 0. The molecule has 31 heavy (non-hydrogen) atoms. The first-order chi connectivity index (χ1) is 14.8. The molecule has 1 atom stereocenters. The van der Waals surface area contributed by atoms with Gasteiger partial charge in [-0.3, -0.25) is 9.59 Å². The summed E-state index contributed by atoms with van der Waals surface area (Å²) in [6, 6.07) is 0.454. The van der Waals surface area contributed by atoms with Gasteiger partial charge in [0.25, 0.3) is 0 Å². The number of aliphatic carboxylic acids is 1. The molecule has 9 nitrogen and oxygen atoms in total. The molecule has 0 bridgehead atoms. The number of ether oxygens (including phenoxy) is 2. The van der Waals surface area contributed by atoms with Gasteiger partial charge in [0, 0.05) is 25.2 Å². The van der Waals surface area contributed by atoms with Gasteiger partial charge in [0.05, 0.1) is 23.9 Å². The van der Waals surface area contributed by atoms with E-state index in [-0.39, 0.29) is 12.5 Å². The van der Waals surface area contributed by atoms with Crippen LogP contribution in [0.25, 0.3) is 0 Å². The molecule has 1 saturated carbocycles. The van der Waals surface area contributed by atoms with Crippen molar-refractivity contribution < 1.29 is 29.0 Å². The molecule has 0 spiro atoms. The Kier molecular flexibility index (Phi) is 9.81. The Morgan fingerprint density at radius 2 is 1.94 bits per heavy atom. The van der Waals surface area contributed by atoms with Crippen LogP contribution in [0.4, 0.5) is 4.79 Å². The zero-order valence-electron chi connectivity index (χ0n) is 18.7. The number of carbonyl (C=O) groups excluding carboxylic acids is 2. The molecule has 1 amide bonds. The van der Waals surface area contributed by atoms with E-state index in [9.17, 15) is 19.5 Å². The molecule has 1 heterocycles. The Morgan fingerprint density at radius 3 is 2.58 bits per heavy atom. The Morgan fingerprint density at radius 1 is 1.23 bits per heavy atom. The molecular formula is C22H35N3O6. The molecule has 2 N–H and O–H groups in total. The summed E-state index contributed by atoms with van der Waals surface area (Å²) in [5, 5.41) is 12.1. The Balaban J connectivity index is 1.69. The first kappa shape index (κ1) is 24.7. The first-order valence-corrected chi connectivity index (χ1v) is 11.1. The number of nitrogens with one attached hydrogen (secondary N) is 1. The molecule has 9 heteroatoms. The van der Waals surface area contributed by atoms with Crippen molar-refractivity contribution in [1.29, 1.82) is 0 Å². The Labute approximate surface area is 183 Å². The van der Waals surface area contributed by atoms with Crippen molar-refractivity contribution >= 4 is 18.0 Å². The van der Waals surface area contributed by atoms with Gasteiger partial charge < -0.3 is 24.5 Å². The third kappa shape index (κ3) is 8.59. The van der Waals surface area contributed by atoms with Crippen molar-refractivity contribution in [2.45, 2.75) is 71.8 Å². The first-order valence-electron chi connectivity index (χ1n) is 11.1. The largest absolute Gasteiger partial charge is 0.481 e. The number of nitrogens with zero attached hydrogens (tertiary/aromatic N) is 2. The van der Waals surface area contributed by atoms with Crippen LogP contribution in [0.15, 0.2) is 12.5 Å². The average molecular weight is 438 g/mol. The number of hydrogen-bond acceptors (Lipinski definition) is 6. The van der Waals surface area contributed by atoms with Gasteiger partial charge in [0.15, 0.2) is 0 Å². The predicted octanol–water partition coefficient (Wildman–Crippen LogP) is 3.54. The van der Waals surface area contributed by atoms with E-state index in [2.05, 4.69) is 21.8 Å². The monoisotopic (exact) mass is 437 g/mol. The molecule has 0 saturated heterocycles. The van der Waals surface area contributed by atoms with Gasteiger partial charge in [-0.2, -0.15) is 0 Å². The SMILES string of the molecule is CC1CCC(n2cnc(CC(CCCNC(=O)OCOC(=O)C(C)C)C(=O)O)c2)CC1. The molecule has 1 aromatic heterocycles. The standard InChI is InChI=1S/C22H35N3O6/c1-15(2)21(28)30-14-31-22(29)23-10-4-5-17(20(26)27)11-18-12-25(13-24-18)19-8-6-16(3)7-9-19/h12-13,15-17,19H,4-11,14H2,1-3H3,(H,23,29)(H,26,27). The third-order valence-corrected chi connectivity index (χ3v) is 5.73. The summed E-state index contributed by atoms with van der Waals surface area (Å²) in [4.78, 5) is 38.9. The number of rotatable bonds is 11. The van der Waals surface area contributed by atoms with Crippen molar-refractivity contribution in [1.82, 2.24) is 14.9 Å². The summed E-state index contributed by atoms with van der Waals surface area (Å²) in [6.45, 7) is 5.48. The summed E-state index contributed by atoms with van der Waals surface area (Å²) in [5.74, 6) is -1.41. The second-order valence-electron chi connectivity index (χ2n) is 8.70. The van der Waals surface area contributed by atoms with E-state index >= 15 is 0 Å². The summed E-state index contributed by atoms with van der Waals surface area (Å²) < 4.78 is 11.6. The van der Waals surface area contributed by atoms with Crippen LogP contribution in [0.1, 0.15) is 71.0 Å². The van der Waals surface area contributed by atoms with Crippen LogP contribution in [0.2, 0.25) is 0 Å². The molecule has 174 valence electrons. The number of esters is 1. The van der Waals surface area contributed by atoms with Crippen LogP contribution in [0.5, 0.6) is 0 Å². The number of aromatic nitrogens is 2. The molecule has 1 aliphatic rings. The number of carboxylic acid groups (broad SMARTS) is 1. The number of alkyl carbamates (subject to hydrolysis) is 1. The Bertz CT molecular complexity index is 725. The number of carbonyl (C=O) groups is 3. The van der Waals surface area contributed by atoms with E-state index in [1.165, 1.54) is 12.8 Å². The van der Waals surface area contributed by atoms with Gasteiger partial charge in [0.1, 0.15) is 0 Å². The summed E-state index contributed by atoms with van der Waals surface area (Å²) in [6.07, 6.45) is 9.05.